The van der Waals surface area contributed by atoms with Crippen molar-refractivity contribution in [1.82, 2.24) is 5.32 Å². The van der Waals surface area contributed by atoms with E-state index in [1.54, 1.807) is 0 Å². The number of nitrogens with one attached hydrogen (secondary N) is 1. The molecule has 0 aliphatic carbocycles. The van der Waals surface area contributed by atoms with Gasteiger partial charge in [0.1, 0.15) is 73.2 Å². The molecule has 12 N–H and O–H groups in total. The van der Waals surface area contributed by atoms with Crippen LogP contribution in [0.5, 0.6) is 0 Å². The van der Waals surface area contributed by atoms with Gasteiger partial charge in [-0.25, -0.2) is 0 Å². The number of ether oxygens (including phenoxy) is 6. The zero-order chi connectivity index (χ0) is 45.6. The fraction of sp³-hybridized carbons (Fsp3) is 0.977. The molecular weight excluding hydrogens is 818 g/mol. The van der Waals surface area contributed by atoms with Crippen LogP contribution >= 0.6 is 0 Å². The van der Waals surface area contributed by atoms with Crippen LogP contribution in [-0.4, -0.2) is 193 Å². The highest BCUT2D eigenvalue weighted by molar-refractivity contribution is 5.76. The fourth-order valence-electron chi connectivity index (χ4n) is 8.19. The number of unbranched alkanes of at least 4 members (excludes halogenated alkanes) is 15. The predicted molar refractivity (Wildman–Crippen MR) is 222 cm³/mol. The quantitative estimate of drug-likeness (QED) is 0.0399. The lowest BCUT2D eigenvalue weighted by Crippen LogP contribution is -2.66. The van der Waals surface area contributed by atoms with Crippen molar-refractivity contribution in [3.63, 3.8) is 0 Å². The molecule has 19 heteroatoms. The van der Waals surface area contributed by atoms with Crippen LogP contribution in [0.15, 0.2) is 0 Å². The molecule has 19 nitrogen and oxygen atoms in total. The molecule has 17 atom stereocenters. The second-order valence-corrected chi connectivity index (χ2v) is 17.2. The van der Waals surface area contributed by atoms with E-state index in [2.05, 4.69) is 12.2 Å². The maximum absolute atomic E-state index is 12.8. The Bertz CT molecular complexity index is 1170. The molecule has 3 aliphatic heterocycles. The first-order valence-electron chi connectivity index (χ1n) is 23.3. The summed E-state index contributed by atoms with van der Waals surface area (Å²) in [5.74, 6) is -0.269. The van der Waals surface area contributed by atoms with Gasteiger partial charge < -0.3 is 89.9 Å². The van der Waals surface area contributed by atoms with Gasteiger partial charge in [0.2, 0.25) is 5.91 Å². The molecule has 0 saturated carbocycles. The zero-order valence-electron chi connectivity index (χ0n) is 36.9. The minimum atomic E-state index is -1.96. The van der Waals surface area contributed by atoms with Crippen LogP contribution in [0.3, 0.4) is 0 Å². The summed E-state index contributed by atoms with van der Waals surface area (Å²) >= 11 is 0. The van der Waals surface area contributed by atoms with Crippen LogP contribution < -0.4 is 5.32 Å². The fourth-order valence-corrected chi connectivity index (χ4v) is 8.19. The molecule has 3 fully saturated rings. The van der Waals surface area contributed by atoms with Gasteiger partial charge in [0, 0.05) is 6.42 Å². The Morgan fingerprint density at radius 1 is 0.516 bits per heavy atom. The molecule has 3 rings (SSSR count). The molecule has 0 aromatic heterocycles. The van der Waals surface area contributed by atoms with Crippen molar-refractivity contribution in [2.45, 2.75) is 240 Å². The molecule has 17 unspecified atom stereocenters. The number of hydrogen-bond donors (Lipinski definition) is 12. The van der Waals surface area contributed by atoms with E-state index in [0.29, 0.717) is 12.8 Å². The summed E-state index contributed by atoms with van der Waals surface area (Å²) in [7, 11) is 0. The standard InChI is InChI=1S/C43H81NO18/c1-3-5-7-8-9-10-11-12-13-14-15-16-17-19-20-27(48)26(44-31(49)21-18-6-4-2)25-57-41-37(55)34(52)39(29(23-46)59-41)62-43-38(56)35(53)40(30(24-47)60-43)61-42-36(54)33(51)32(50)28(22-45)58-42/h26-30,32-43,45-48,50-56H,3-25H2,1-2H3,(H,44,49). The number of carbonyl (C=O) groups excluding carboxylic acids is 1. The highest BCUT2D eigenvalue weighted by Crippen LogP contribution is 2.33. The summed E-state index contributed by atoms with van der Waals surface area (Å²) in [4.78, 5) is 12.8. The van der Waals surface area contributed by atoms with Gasteiger partial charge in [0.25, 0.3) is 0 Å². The maximum atomic E-state index is 12.8. The Morgan fingerprint density at radius 3 is 1.40 bits per heavy atom. The highest BCUT2D eigenvalue weighted by Gasteiger charge is 2.53. The van der Waals surface area contributed by atoms with Gasteiger partial charge in [-0.3, -0.25) is 4.79 Å². The van der Waals surface area contributed by atoms with Gasteiger partial charge in [-0.1, -0.05) is 117 Å². The Balaban J connectivity index is 1.53. The van der Waals surface area contributed by atoms with Crippen molar-refractivity contribution in [2.24, 2.45) is 0 Å². The molecule has 1 amide bonds. The van der Waals surface area contributed by atoms with E-state index in [4.69, 9.17) is 28.4 Å². The van der Waals surface area contributed by atoms with Gasteiger partial charge in [-0.05, 0) is 12.8 Å². The van der Waals surface area contributed by atoms with Gasteiger partial charge in [-0.15, -0.1) is 0 Å². The van der Waals surface area contributed by atoms with Crippen LogP contribution in [0.4, 0.5) is 0 Å². The lowest BCUT2D eigenvalue weighted by molar-refractivity contribution is -0.379. The van der Waals surface area contributed by atoms with E-state index < -0.39 is 124 Å². The van der Waals surface area contributed by atoms with Crippen LogP contribution in [0.2, 0.25) is 0 Å². The van der Waals surface area contributed by atoms with Crippen molar-refractivity contribution in [2.75, 3.05) is 26.4 Å². The average Bonchev–Trinajstić information content (AvgIpc) is 3.26. The van der Waals surface area contributed by atoms with Crippen molar-refractivity contribution in [1.29, 1.82) is 0 Å². The highest BCUT2D eigenvalue weighted by atomic mass is 16.8. The monoisotopic (exact) mass is 900 g/mol. The van der Waals surface area contributed by atoms with Gasteiger partial charge >= 0.3 is 0 Å². The third-order valence-corrected chi connectivity index (χ3v) is 12.2. The molecule has 366 valence electrons. The molecule has 0 aromatic rings. The van der Waals surface area contributed by atoms with Crippen LogP contribution in [0.25, 0.3) is 0 Å². The third-order valence-electron chi connectivity index (χ3n) is 12.2. The summed E-state index contributed by atoms with van der Waals surface area (Å²) in [5.41, 5.74) is 0. The van der Waals surface area contributed by atoms with E-state index in [9.17, 15) is 61.0 Å². The van der Waals surface area contributed by atoms with Crippen LogP contribution in [0, 0.1) is 0 Å². The van der Waals surface area contributed by atoms with Crippen molar-refractivity contribution < 1.29 is 89.4 Å². The molecule has 0 bridgehead atoms. The van der Waals surface area contributed by atoms with Crippen LogP contribution in [-0.2, 0) is 33.2 Å². The number of carbonyl (C=O) groups is 1. The Hall–Kier alpha value is -1.21. The van der Waals surface area contributed by atoms with E-state index >= 15 is 0 Å². The predicted octanol–water partition coefficient (Wildman–Crippen LogP) is -0.251. The topological polar surface area (TPSA) is 307 Å². The summed E-state index contributed by atoms with van der Waals surface area (Å²) < 4.78 is 33.9. The molecule has 62 heavy (non-hydrogen) atoms. The second kappa shape index (κ2) is 30.1. The average molecular weight is 900 g/mol. The van der Waals surface area contributed by atoms with E-state index in [1.165, 1.54) is 64.2 Å². The van der Waals surface area contributed by atoms with E-state index in [-0.39, 0.29) is 18.9 Å². The Morgan fingerprint density at radius 2 is 0.919 bits per heavy atom. The smallest absolute Gasteiger partial charge is 0.220 e. The Labute approximate surface area is 366 Å². The molecule has 3 heterocycles. The summed E-state index contributed by atoms with van der Waals surface area (Å²) in [6, 6.07) is -0.874. The Kier molecular flexibility index (Phi) is 26.8. The zero-order valence-corrected chi connectivity index (χ0v) is 36.9. The summed E-state index contributed by atoms with van der Waals surface area (Å²) in [6.07, 6.45) is -6.65. The SMILES string of the molecule is CCCCCCCCCCCCCCCCC(O)C(COC1OC(CO)C(OC2OC(CO)C(OC3OC(CO)C(O)C(O)C3O)C(O)C2O)C(O)C1O)NC(=O)CCCCC. The summed E-state index contributed by atoms with van der Waals surface area (Å²) in [5, 5.41) is 119. The van der Waals surface area contributed by atoms with Gasteiger partial charge in [-0.2, -0.15) is 0 Å². The summed E-state index contributed by atoms with van der Waals surface area (Å²) in [6.45, 7) is 1.55. The van der Waals surface area contributed by atoms with Gasteiger partial charge in [0.05, 0.1) is 38.6 Å². The number of aliphatic hydroxyl groups is 11. The van der Waals surface area contributed by atoms with E-state index in [1.807, 2.05) is 6.92 Å². The first-order valence-corrected chi connectivity index (χ1v) is 23.3. The van der Waals surface area contributed by atoms with Crippen LogP contribution in [0.1, 0.15) is 136 Å². The molecule has 3 saturated heterocycles. The normalized spacial score (nSPS) is 35.1. The lowest BCUT2D eigenvalue weighted by Gasteiger charge is -2.48. The number of amides is 1. The first-order chi connectivity index (χ1) is 29.8. The second-order valence-electron chi connectivity index (χ2n) is 17.2. The number of aliphatic hydroxyl groups excluding tert-OH is 11. The van der Waals surface area contributed by atoms with Crippen molar-refractivity contribution >= 4 is 5.91 Å². The number of hydrogen-bond acceptors (Lipinski definition) is 18. The van der Waals surface area contributed by atoms with Crippen molar-refractivity contribution in [3.05, 3.63) is 0 Å². The minimum absolute atomic E-state index is 0.254. The minimum Gasteiger partial charge on any atom is -0.394 e. The third kappa shape index (κ3) is 17.2. The van der Waals surface area contributed by atoms with Gasteiger partial charge in [0.15, 0.2) is 18.9 Å². The maximum Gasteiger partial charge on any atom is 0.220 e. The molecule has 0 spiro atoms. The lowest BCUT2D eigenvalue weighted by atomic mass is 9.96. The first kappa shape index (κ1) is 55.1. The molecule has 3 aliphatic rings. The van der Waals surface area contributed by atoms with Crippen molar-refractivity contribution in [3.8, 4) is 0 Å². The largest absolute Gasteiger partial charge is 0.394 e. The molecule has 0 radical (unpaired) electrons. The molecular formula is C43H81NO18. The van der Waals surface area contributed by atoms with E-state index in [0.717, 1.165) is 38.5 Å². The molecule has 0 aromatic carbocycles. The number of rotatable bonds is 31.